The lowest BCUT2D eigenvalue weighted by Crippen LogP contribution is -2.36. The van der Waals surface area contributed by atoms with Crippen molar-refractivity contribution in [1.29, 1.82) is 5.41 Å². The van der Waals surface area contributed by atoms with Crippen LogP contribution in [0.1, 0.15) is 15.9 Å². The second kappa shape index (κ2) is 8.20. The van der Waals surface area contributed by atoms with Crippen molar-refractivity contribution in [3.8, 4) is 0 Å². The molecular formula is C19H16ClN2O3+. The molecule has 5 nitrogen and oxygen atoms in total. The highest BCUT2D eigenvalue weighted by molar-refractivity contribution is 6.31. The monoisotopic (exact) mass is 355 g/mol. The molecule has 0 unspecified atom stereocenters. The van der Waals surface area contributed by atoms with Gasteiger partial charge in [0, 0.05) is 28.3 Å². The summed E-state index contributed by atoms with van der Waals surface area (Å²) in [6, 6.07) is 10.1. The second-order valence-electron chi connectivity index (χ2n) is 5.18. The number of ketones is 1. The van der Waals surface area contributed by atoms with Gasteiger partial charge in [0.05, 0.1) is 7.11 Å². The fraction of sp³-hybridized carbons (Fsp3) is 0.105. The summed E-state index contributed by atoms with van der Waals surface area (Å²) in [5, 5.41) is 7.81. The number of carbonyl (C=O) groups excluding carboxylic acids is 2. The number of carbonyl (C=O) groups is 2. The van der Waals surface area contributed by atoms with Crippen LogP contribution in [0.4, 0.5) is 0 Å². The number of allylic oxidation sites excluding steroid dienone is 1. The summed E-state index contributed by atoms with van der Waals surface area (Å²) >= 11 is 5.87. The molecule has 126 valence electrons. The zero-order chi connectivity index (χ0) is 18.4. The molecule has 0 saturated heterocycles. The number of nitrogens with zero attached hydrogens (tertiary/aromatic N) is 1. The fourth-order valence-electron chi connectivity index (χ4n) is 2.14. The van der Waals surface area contributed by atoms with E-state index in [1.165, 1.54) is 13.2 Å². The minimum atomic E-state index is -0.746. The van der Waals surface area contributed by atoms with Gasteiger partial charge in [-0.15, -0.1) is 0 Å². The first-order chi connectivity index (χ1) is 12.0. The predicted molar refractivity (Wildman–Crippen MR) is 94.7 cm³/mol. The Balaban J connectivity index is 2.60. The Morgan fingerprint density at radius 3 is 2.48 bits per heavy atom. The van der Waals surface area contributed by atoms with Crippen molar-refractivity contribution < 1.29 is 18.9 Å². The molecule has 0 atom stereocenters. The molecule has 1 N–H and O–H groups in total. The van der Waals surface area contributed by atoms with Crippen LogP contribution in [-0.4, -0.2) is 24.7 Å². The molecule has 0 amide bonds. The van der Waals surface area contributed by atoms with Gasteiger partial charge < -0.3 is 4.74 Å². The molecule has 6 heteroatoms. The third kappa shape index (κ3) is 4.51. The van der Waals surface area contributed by atoms with E-state index in [4.69, 9.17) is 17.0 Å². The summed E-state index contributed by atoms with van der Waals surface area (Å²) in [5.74, 6) is 0.937. The molecule has 1 aromatic heterocycles. The number of rotatable bonds is 5. The van der Waals surface area contributed by atoms with Gasteiger partial charge in [-0.05, 0) is 43.1 Å². The highest BCUT2D eigenvalue weighted by atomic mass is 35.5. The number of methoxy groups -OCH3 is 1. The van der Waals surface area contributed by atoms with Crippen LogP contribution in [0, 0.1) is 12.3 Å². The van der Waals surface area contributed by atoms with E-state index >= 15 is 0 Å². The minimum absolute atomic E-state index is 0.159. The van der Waals surface area contributed by atoms with Crippen LogP contribution in [0.3, 0.4) is 0 Å². The maximum absolute atomic E-state index is 12.9. The minimum Gasteiger partial charge on any atom is -0.465 e. The zero-order valence-electron chi connectivity index (χ0n) is 13.7. The number of hydrogen-bond acceptors (Lipinski definition) is 4. The van der Waals surface area contributed by atoms with Gasteiger partial charge in [0.25, 0.3) is 11.5 Å². The van der Waals surface area contributed by atoms with Crippen LogP contribution in [0.5, 0.6) is 0 Å². The van der Waals surface area contributed by atoms with Gasteiger partial charge in [-0.25, -0.2) is 4.79 Å². The third-order valence-corrected chi connectivity index (χ3v) is 3.64. The predicted octanol–water partition coefficient (Wildman–Crippen LogP) is 3.01. The van der Waals surface area contributed by atoms with Crippen molar-refractivity contribution >= 4 is 34.9 Å². The van der Waals surface area contributed by atoms with Gasteiger partial charge in [0.2, 0.25) is 0 Å². The first-order valence-electron chi connectivity index (χ1n) is 7.34. The SMILES string of the molecule is COC(=O)C(=C=N)C=C(C(=O)c1ccc(Cl)cc1)[n+]1cccc(C)c1. The number of pyridine rings is 1. The van der Waals surface area contributed by atoms with Crippen molar-refractivity contribution in [2.45, 2.75) is 6.92 Å². The molecule has 0 aliphatic rings. The molecule has 1 aromatic carbocycles. The summed E-state index contributed by atoms with van der Waals surface area (Å²) in [7, 11) is 1.20. The molecule has 0 saturated carbocycles. The second-order valence-corrected chi connectivity index (χ2v) is 5.62. The van der Waals surface area contributed by atoms with E-state index in [9.17, 15) is 9.59 Å². The Bertz CT molecular complexity index is 895. The standard InChI is InChI=1S/C19H16ClN2O3/c1-13-4-3-9-22(12-13)17(10-15(11-21)19(24)25-2)18(23)14-5-7-16(20)8-6-14/h3-10,12,21H,1-2H3/q+1. The summed E-state index contributed by atoms with van der Waals surface area (Å²) in [6.45, 7) is 1.88. The molecule has 0 aliphatic heterocycles. The Morgan fingerprint density at radius 2 is 1.92 bits per heavy atom. The average Bonchev–Trinajstić information content (AvgIpc) is 2.62. The molecule has 25 heavy (non-hydrogen) atoms. The van der Waals surface area contributed by atoms with E-state index in [1.54, 1.807) is 47.3 Å². The Morgan fingerprint density at radius 1 is 1.24 bits per heavy atom. The Kier molecular flexibility index (Phi) is 6.01. The highest BCUT2D eigenvalue weighted by Gasteiger charge is 2.24. The largest absolute Gasteiger partial charge is 0.465 e. The number of aromatic nitrogens is 1. The van der Waals surface area contributed by atoms with E-state index in [0.717, 1.165) is 5.56 Å². The van der Waals surface area contributed by atoms with Crippen molar-refractivity contribution in [2.24, 2.45) is 0 Å². The molecule has 2 aromatic rings. The summed E-state index contributed by atoms with van der Waals surface area (Å²) in [4.78, 5) is 24.7. The van der Waals surface area contributed by atoms with E-state index in [1.807, 2.05) is 18.9 Å². The summed E-state index contributed by atoms with van der Waals surface area (Å²) in [6.07, 6.45) is 4.72. The summed E-state index contributed by atoms with van der Waals surface area (Å²) in [5.41, 5.74) is 1.36. The van der Waals surface area contributed by atoms with Crippen LogP contribution >= 0.6 is 11.6 Å². The molecule has 2 rings (SSSR count). The molecule has 1 heterocycles. The number of esters is 1. The fourth-order valence-corrected chi connectivity index (χ4v) is 2.27. The van der Waals surface area contributed by atoms with Crippen molar-refractivity contribution in [3.63, 3.8) is 0 Å². The lowest BCUT2D eigenvalue weighted by molar-refractivity contribution is -0.577. The molecule has 0 radical (unpaired) electrons. The van der Waals surface area contributed by atoms with Gasteiger partial charge >= 0.3 is 5.97 Å². The number of aryl methyl sites for hydroxylation is 1. The van der Waals surface area contributed by atoms with E-state index in [-0.39, 0.29) is 17.1 Å². The number of hydrogen-bond donors (Lipinski definition) is 1. The van der Waals surface area contributed by atoms with Crippen LogP contribution in [0.15, 0.2) is 60.4 Å². The number of benzene rings is 1. The quantitative estimate of drug-likeness (QED) is 0.224. The maximum atomic E-state index is 12.9. The van der Waals surface area contributed by atoms with Crippen LogP contribution < -0.4 is 4.57 Å². The van der Waals surface area contributed by atoms with Gasteiger partial charge in [-0.1, -0.05) is 11.6 Å². The topological polar surface area (TPSA) is 71.1 Å². The number of ether oxygens (including phenoxy) is 1. The smallest absolute Gasteiger partial charge is 0.347 e. The van der Waals surface area contributed by atoms with Crippen LogP contribution in [0.25, 0.3) is 5.70 Å². The molecule has 0 fully saturated rings. The van der Waals surface area contributed by atoms with E-state index in [2.05, 4.69) is 4.74 Å². The molecular weight excluding hydrogens is 340 g/mol. The van der Waals surface area contributed by atoms with Gasteiger partial charge in [-0.3, -0.25) is 10.2 Å². The van der Waals surface area contributed by atoms with Crippen molar-refractivity contribution in [1.82, 2.24) is 0 Å². The molecule has 0 spiro atoms. The van der Waals surface area contributed by atoms with Gasteiger partial charge in [0.15, 0.2) is 12.4 Å². The Labute approximate surface area is 150 Å². The normalized spacial score (nSPS) is 10.8. The van der Waals surface area contributed by atoms with Crippen LogP contribution in [-0.2, 0) is 9.53 Å². The number of nitrogens with one attached hydrogen (secondary N) is 1. The first kappa shape index (κ1) is 18.3. The van der Waals surface area contributed by atoms with Crippen LogP contribution in [0.2, 0.25) is 5.02 Å². The average molecular weight is 356 g/mol. The maximum Gasteiger partial charge on any atom is 0.347 e. The molecule has 0 aliphatic carbocycles. The third-order valence-electron chi connectivity index (χ3n) is 3.39. The van der Waals surface area contributed by atoms with E-state index in [0.29, 0.717) is 10.6 Å². The lowest BCUT2D eigenvalue weighted by Gasteiger charge is -2.04. The number of halogens is 1. The number of Topliss-reactive ketones (excluding diaryl/α,β-unsaturated/α-hetero) is 1. The highest BCUT2D eigenvalue weighted by Crippen LogP contribution is 2.15. The zero-order valence-corrected chi connectivity index (χ0v) is 14.5. The first-order valence-corrected chi connectivity index (χ1v) is 7.72. The lowest BCUT2D eigenvalue weighted by atomic mass is 10.1. The molecule has 0 bridgehead atoms. The van der Waals surface area contributed by atoms with Crippen molar-refractivity contribution in [2.75, 3.05) is 7.11 Å². The van der Waals surface area contributed by atoms with Gasteiger partial charge in [-0.2, -0.15) is 4.57 Å². The Hall–Kier alpha value is -3.01. The van der Waals surface area contributed by atoms with E-state index < -0.39 is 5.97 Å². The van der Waals surface area contributed by atoms with Gasteiger partial charge in [0.1, 0.15) is 5.57 Å². The van der Waals surface area contributed by atoms with Crippen molar-refractivity contribution in [3.05, 3.63) is 76.6 Å². The summed E-state index contributed by atoms with van der Waals surface area (Å²) < 4.78 is 6.21.